The van der Waals surface area contributed by atoms with Crippen LogP contribution in [0.15, 0.2) is 57.9 Å². The van der Waals surface area contributed by atoms with Gasteiger partial charge in [0.1, 0.15) is 18.1 Å². The van der Waals surface area contributed by atoms with Gasteiger partial charge in [-0.2, -0.15) is 0 Å². The van der Waals surface area contributed by atoms with Crippen molar-refractivity contribution in [2.24, 2.45) is 0 Å². The van der Waals surface area contributed by atoms with E-state index in [9.17, 15) is 24.3 Å². The Hall–Kier alpha value is -4.11. The number of carboxylic acid groups (broad SMARTS) is 1. The van der Waals surface area contributed by atoms with Gasteiger partial charge in [-0.25, -0.2) is 4.79 Å². The number of carboxylic acids is 1. The average Bonchev–Trinajstić information content (AvgIpc) is 3.36. The minimum atomic E-state index is -1.04. The smallest absolute Gasteiger partial charge is 0.335 e. The molecule has 1 aromatic heterocycles. The molecule has 0 saturated carbocycles. The van der Waals surface area contributed by atoms with Gasteiger partial charge in [0.2, 0.25) is 5.91 Å². The molecule has 0 spiro atoms. The van der Waals surface area contributed by atoms with Gasteiger partial charge in [0.05, 0.1) is 10.5 Å². The molecule has 35 heavy (non-hydrogen) atoms. The number of thioether (sulfide) groups is 1. The Morgan fingerprint density at radius 2 is 1.71 bits per heavy atom. The normalized spacial score (nSPS) is 14.6. The molecule has 2 N–H and O–H groups in total. The van der Waals surface area contributed by atoms with E-state index in [1.165, 1.54) is 12.1 Å². The van der Waals surface area contributed by atoms with Gasteiger partial charge in [0.15, 0.2) is 0 Å². The summed E-state index contributed by atoms with van der Waals surface area (Å²) in [6.07, 6.45) is 1.44. The first-order valence-corrected chi connectivity index (χ1v) is 11.5. The summed E-state index contributed by atoms with van der Waals surface area (Å²) in [7, 11) is 0. The van der Waals surface area contributed by atoms with Crippen LogP contribution < -0.4 is 5.32 Å². The summed E-state index contributed by atoms with van der Waals surface area (Å²) in [5, 5.41) is 11.6. The maximum absolute atomic E-state index is 12.8. The van der Waals surface area contributed by atoms with E-state index in [1.54, 1.807) is 31.2 Å². The predicted octanol–water partition coefficient (Wildman–Crippen LogP) is 5.25. The Kier molecular flexibility index (Phi) is 6.61. The molecule has 3 aromatic rings. The lowest BCUT2D eigenvalue weighted by Gasteiger charge is -2.15. The highest BCUT2D eigenvalue weighted by molar-refractivity contribution is 8.18. The largest absolute Gasteiger partial charge is 0.478 e. The molecule has 178 valence electrons. The second kappa shape index (κ2) is 9.63. The van der Waals surface area contributed by atoms with E-state index in [-0.39, 0.29) is 10.5 Å². The summed E-state index contributed by atoms with van der Waals surface area (Å²) in [5.41, 5.74) is 3.75. The van der Waals surface area contributed by atoms with Crippen LogP contribution in [0.1, 0.15) is 32.8 Å². The van der Waals surface area contributed by atoms with E-state index in [2.05, 4.69) is 5.32 Å². The predicted molar refractivity (Wildman–Crippen MR) is 133 cm³/mol. The Bertz CT molecular complexity index is 1380. The van der Waals surface area contributed by atoms with Crippen LogP contribution in [0.5, 0.6) is 0 Å². The first-order valence-electron chi connectivity index (χ1n) is 10.7. The molecule has 1 saturated heterocycles. The molecule has 3 amide bonds. The van der Waals surface area contributed by atoms with Crippen molar-refractivity contribution in [2.75, 3.05) is 11.9 Å². The number of benzene rings is 2. The molecule has 0 atom stereocenters. The molecule has 1 aliphatic rings. The number of nitrogens with zero attached hydrogens (tertiary/aromatic N) is 1. The molecule has 0 aliphatic carbocycles. The van der Waals surface area contributed by atoms with Crippen LogP contribution in [-0.2, 0) is 9.59 Å². The molecule has 2 heterocycles. The summed E-state index contributed by atoms with van der Waals surface area (Å²) >= 11 is 0.727. The minimum absolute atomic E-state index is 0.131. The van der Waals surface area contributed by atoms with Gasteiger partial charge in [-0.1, -0.05) is 30.3 Å². The number of nitrogens with one attached hydrogen (secondary N) is 1. The van der Waals surface area contributed by atoms with Crippen molar-refractivity contribution in [2.45, 2.75) is 20.8 Å². The van der Waals surface area contributed by atoms with E-state index in [0.717, 1.165) is 27.8 Å². The topological polar surface area (TPSA) is 117 Å². The first kappa shape index (κ1) is 24.0. The number of hydrogen-bond donors (Lipinski definition) is 2. The fraction of sp³-hybridized carbons (Fsp3) is 0.154. The quantitative estimate of drug-likeness (QED) is 0.454. The SMILES string of the molecule is Cc1cccc(C)c1NC(=O)CN1C(=O)S/C(=C\c2ccc(-c3cccc(C(=O)O)c3C)o2)C1=O. The van der Waals surface area contributed by atoms with Crippen LogP contribution in [-0.4, -0.2) is 39.6 Å². The lowest BCUT2D eigenvalue weighted by molar-refractivity contribution is -0.127. The van der Waals surface area contributed by atoms with E-state index in [1.807, 2.05) is 32.0 Å². The number of anilines is 1. The van der Waals surface area contributed by atoms with Crippen LogP contribution in [0.3, 0.4) is 0 Å². The van der Waals surface area contributed by atoms with Gasteiger partial charge in [0, 0.05) is 17.3 Å². The third kappa shape index (κ3) is 4.90. The number of rotatable bonds is 6. The number of para-hydroxylation sites is 1. The zero-order valence-corrected chi connectivity index (χ0v) is 20.1. The number of imide groups is 1. The van der Waals surface area contributed by atoms with Gasteiger partial charge >= 0.3 is 5.97 Å². The Labute approximate surface area is 205 Å². The van der Waals surface area contributed by atoms with E-state index in [0.29, 0.717) is 28.3 Å². The fourth-order valence-corrected chi connectivity index (χ4v) is 4.63. The highest BCUT2D eigenvalue weighted by Gasteiger charge is 2.36. The van der Waals surface area contributed by atoms with Gasteiger partial charge in [-0.3, -0.25) is 19.3 Å². The first-order chi connectivity index (χ1) is 16.7. The lowest BCUT2D eigenvalue weighted by Crippen LogP contribution is -2.36. The second-order valence-electron chi connectivity index (χ2n) is 8.07. The summed E-state index contributed by atoms with van der Waals surface area (Å²) in [5.74, 6) is -1.33. The molecule has 2 aromatic carbocycles. The maximum atomic E-state index is 12.8. The standard InChI is InChI=1S/C26H22N2O6S/c1-14-6-4-7-15(2)23(14)27-22(29)13-28-24(30)21(35-26(28)33)12-17-10-11-20(34-17)18-8-5-9-19(16(18)3)25(31)32/h4-12H,13H2,1-3H3,(H,27,29)(H,31,32)/b21-12-. The number of furan rings is 1. The van der Waals surface area contributed by atoms with E-state index < -0.39 is 29.6 Å². The third-order valence-corrected chi connectivity index (χ3v) is 6.56. The van der Waals surface area contributed by atoms with Crippen LogP contribution in [0.25, 0.3) is 17.4 Å². The van der Waals surface area contributed by atoms with Gasteiger partial charge in [-0.15, -0.1) is 0 Å². The Morgan fingerprint density at radius 1 is 1.03 bits per heavy atom. The van der Waals surface area contributed by atoms with Gasteiger partial charge in [-0.05, 0) is 67.4 Å². The number of hydrogen-bond acceptors (Lipinski definition) is 6. The maximum Gasteiger partial charge on any atom is 0.335 e. The lowest BCUT2D eigenvalue weighted by atomic mass is 10.0. The van der Waals surface area contributed by atoms with Crippen molar-refractivity contribution in [1.29, 1.82) is 0 Å². The summed E-state index contributed by atoms with van der Waals surface area (Å²) < 4.78 is 5.81. The second-order valence-corrected chi connectivity index (χ2v) is 9.06. The summed E-state index contributed by atoms with van der Waals surface area (Å²) in [4.78, 5) is 50.2. The van der Waals surface area contributed by atoms with E-state index in [4.69, 9.17) is 4.42 Å². The van der Waals surface area contributed by atoms with Crippen molar-refractivity contribution < 1.29 is 28.7 Å². The Morgan fingerprint density at radius 3 is 2.40 bits per heavy atom. The van der Waals surface area contributed by atoms with Crippen LogP contribution in [0.2, 0.25) is 0 Å². The number of carbonyl (C=O) groups excluding carboxylic acids is 3. The summed E-state index contributed by atoms with van der Waals surface area (Å²) in [6, 6.07) is 13.8. The van der Waals surface area contributed by atoms with Crippen molar-refractivity contribution in [3.05, 3.63) is 81.5 Å². The van der Waals surface area contributed by atoms with Crippen molar-refractivity contribution in [3.63, 3.8) is 0 Å². The van der Waals surface area contributed by atoms with Crippen LogP contribution >= 0.6 is 11.8 Å². The van der Waals surface area contributed by atoms with E-state index >= 15 is 0 Å². The van der Waals surface area contributed by atoms with Crippen LogP contribution in [0, 0.1) is 20.8 Å². The molecular weight excluding hydrogens is 468 g/mol. The molecule has 0 radical (unpaired) electrons. The highest BCUT2D eigenvalue weighted by Crippen LogP contribution is 2.34. The number of carbonyl (C=O) groups is 4. The zero-order valence-electron chi connectivity index (χ0n) is 19.2. The highest BCUT2D eigenvalue weighted by atomic mass is 32.2. The van der Waals surface area contributed by atoms with Crippen molar-refractivity contribution >= 4 is 46.5 Å². The third-order valence-electron chi connectivity index (χ3n) is 5.65. The number of aryl methyl sites for hydroxylation is 2. The Balaban J connectivity index is 1.50. The van der Waals surface area contributed by atoms with Crippen molar-refractivity contribution in [3.8, 4) is 11.3 Å². The summed E-state index contributed by atoms with van der Waals surface area (Å²) in [6.45, 7) is 5.02. The molecule has 0 unspecified atom stereocenters. The number of amides is 3. The zero-order chi connectivity index (χ0) is 25.3. The van der Waals surface area contributed by atoms with Gasteiger partial charge < -0.3 is 14.8 Å². The van der Waals surface area contributed by atoms with Crippen molar-refractivity contribution in [1.82, 2.24) is 4.90 Å². The molecule has 9 heteroatoms. The molecule has 1 fully saturated rings. The molecule has 8 nitrogen and oxygen atoms in total. The molecule has 0 bridgehead atoms. The monoisotopic (exact) mass is 490 g/mol. The molecule has 1 aliphatic heterocycles. The van der Waals surface area contributed by atoms with Gasteiger partial charge in [0.25, 0.3) is 11.1 Å². The average molecular weight is 491 g/mol. The minimum Gasteiger partial charge on any atom is -0.478 e. The number of aromatic carboxylic acids is 1. The fourth-order valence-electron chi connectivity index (χ4n) is 3.81. The molecule has 4 rings (SSSR count). The van der Waals surface area contributed by atoms with Crippen LogP contribution in [0.4, 0.5) is 10.5 Å². The molecular formula is C26H22N2O6S.